The maximum absolute atomic E-state index is 10.2. The third kappa shape index (κ3) is 5.42. The first-order chi connectivity index (χ1) is 10.2. The summed E-state index contributed by atoms with van der Waals surface area (Å²) < 4.78 is 5.93. The maximum Gasteiger partial charge on any atom is 0.0900 e. The van der Waals surface area contributed by atoms with Gasteiger partial charge in [-0.15, -0.1) is 0 Å². The number of benzene rings is 1. The maximum atomic E-state index is 10.2. The van der Waals surface area contributed by atoms with Crippen molar-refractivity contribution in [3.8, 4) is 0 Å². The molecule has 21 heavy (non-hydrogen) atoms. The molecule has 118 valence electrons. The fourth-order valence-electron chi connectivity index (χ4n) is 2.94. The van der Waals surface area contributed by atoms with Gasteiger partial charge < -0.3 is 14.7 Å². The van der Waals surface area contributed by atoms with Crippen molar-refractivity contribution in [2.75, 3.05) is 26.2 Å². The fraction of sp³-hybridized carbons (Fsp3) is 0.667. The number of hydrogen-bond acceptors (Lipinski definition) is 3. The Balaban J connectivity index is 1.73. The van der Waals surface area contributed by atoms with E-state index in [9.17, 15) is 5.11 Å². The Bertz CT molecular complexity index is 387. The van der Waals surface area contributed by atoms with Gasteiger partial charge in [0, 0.05) is 6.54 Å². The summed E-state index contributed by atoms with van der Waals surface area (Å²) in [4.78, 5) is 2.36. The lowest BCUT2D eigenvalue weighted by molar-refractivity contribution is -0.0264. The Morgan fingerprint density at radius 3 is 2.52 bits per heavy atom. The van der Waals surface area contributed by atoms with Crippen LogP contribution in [0.15, 0.2) is 30.3 Å². The van der Waals surface area contributed by atoms with Crippen LogP contribution in [0.1, 0.15) is 44.8 Å². The molecule has 1 N–H and O–H groups in total. The van der Waals surface area contributed by atoms with E-state index in [2.05, 4.69) is 30.9 Å². The Labute approximate surface area is 128 Å². The van der Waals surface area contributed by atoms with Crippen LogP contribution in [0.25, 0.3) is 0 Å². The molecule has 1 aromatic carbocycles. The van der Waals surface area contributed by atoms with Crippen LogP contribution in [-0.4, -0.2) is 42.4 Å². The van der Waals surface area contributed by atoms with Crippen molar-refractivity contribution >= 4 is 0 Å². The SMILES string of the molecule is CC[C@@H](OC[C@@H](O)CN1CCC(C)CC1)c1ccccc1. The lowest BCUT2D eigenvalue weighted by atomic mass is 9.99. The highest BCUT2D eigenvalue weighted by Crippen LogP contribution is 2.21. The molecule has 2 rings (SSSR count). The molecule has 2 atom stereocenters. The minimum atomic E-state index is -0.392. The lowest BCUT2D eigenvalue weighted by Crippen LogP contribution is -2.40. The van der Waals surface area contributed by atoms with E-state index in [0.717, 1.165) is 32.0 Å². The van der Waals surface area contributed by atoms with Gasteiger partial charge in [-0.1, -0.05) is 44.2 Å². The Morgan fingerprint density at radius 1 is 1.24 bits per heavy atom. The first kappa shape index (κ1) is 16.5. The van der Waals surface area contributed by atoms with Gasteiger partial charge in [0.25, 0.3) is 0 Å². The predicted molar refractivity (Wildman–Crippen MR) is 86.3 cm³/mol. The minimum Gasteiger partial charge on any atom is -0.389 e. The van der Waals surface area contributed by atoms with Gasteiger partial charge in [-0.25, -0.2) is 0 Å². The van der Waals surface area contributed by atoms with Crippen LogP contribution in [0, 0.1) is 5.92 Å². The Hall–Kier alpha value is -0.900. The van der Waals surface area contributed by atoms with Crippen molar-refractivity contribution in [2.24, 2.45) is 5.92 Å². The number of piperidine rings is 1. The monoisotopic (exact) mass is 291 g/mol. The van der Waals surface area contributed by atoms with Gasteiger partial charge in [0.15, 0.2) is 0 Å². The van der Waals surface area contributed by atoms with Crippen molar-refractivity contribution in [3.05, 3.63) is 35.9 Å². The number of aliphatic hydroxyl groups excluding tert-OH is 1. The molecule has 0 amide bonds. The normalized spacial score (nSPS) is 20.3. The van der Waals surface area contributed by atoms with Crippen LogP contribution in [0.4, 0.5) is 0 Å². The highest BCUT2D eigenvalue weighted by atomic mass is 16.5. The van der Waals surface area contributed by atoms with Crippen LogP contribution < -0.4 is 0 Å². The largest absolute Gasteiger partial charge is 0.389 e. The van der Waals surface area contributed by atoms with E-state index in [-0.39, 0.29) is 6.10 Å². The van der Waals surface area contributed by atoms with E-state index in [1.807, 2.05) is 18.2 Å². The molecule has 0 aromatic heterocycles. The van der Waals surface area contributed by atoms with Gasteiger partial charge in [0.05, 0.1) is 18.8 Å². The first-order valence-corrected chi connectivity index (χ1v) is 8.26. The second-order valence-corrected chi connectivity index (χ2v) is 6.28. The number of hydrogen-bond donors (Lipinski definition) is 1. The van der Waals surface area contributed by atoms with Crippen LogP contribution >= 0.6 is 0 Å². The number of ether oxygens (including phenoxy) is 1. The smallest absolute Gasteiger partial charge is 0.0900 e. The number of rotatable bonds is 7. The molecule has 1 aromatic rings. The Kier molecular flexibility index (Phi) is 6.68. The van der Waals surface area contributed by atoms with Crippen molar-refractivity contribution in [1.82, 2.24) is 4.90 Å². The van der Waals surface area contributed by atoms with E-state index >= 15 is 0 Å². The van der Waals surface area contributed by atoms with Crippen molar-refractivity contribution in [2.45, 2.75) is 45.3 Å². The summed E-state index contributed by atoms with van der Waals surface area (Å²) in [6, 6.07) is 10.3. The van der Waals surface area contributed by atoms with E-state index in [0.29, 0.717) is 6.61 Å². The van der Waals surface area contributed by atoms with E-state index in [1.54, 1.807) is 0 Å². The van der Waals surface area contributed by atoms with E-state index < -0.39 is 6.10 Å². The molecule has 1 fully saturated rings. The number of β-amino-alcohol motifs (C(OH)–C–C–N with tert-alkyl or cyclic N) is 1. The molecule has 0 radical (unpaired) electrons. The third-order valence-electron chi connectivity index (χ3n) is 4.38. The van der Waals surface area contributed by atoms with Crippen LogP contribution in [0.5, 0.6) is 0 Å². The highest BCUT2D eigenvalue weighted by molar-refractivity contribution is 5.17. The average Bonchev–Trinajstić information content (AvgIpc) is 2.51. The van der Waals surface area contributed by atoms with Crippen molar-refractivity contribution in [3.63, 3.8) is 0 Å². The number of likely N-dealkylation sites (tertiary alicyclic amines) is 1. The second-order valence-electron chi connectivity index (χ2n) is 6.28. The molecule has 1 saturated heterocycles. The molecular formula is C18H29NO2. The van der Waals surface area contributed by atoms with E-state index in [4.69, 9.17) is 4.74 Å². The molecule has 1 aliphatic rings. The predicted octanol–water partition coefficient (Wildman–Crippen LogP) is 3.25. The molecule has 0 saturated carbocycles. The summed E-state index contributed by atoms with van der Waals surface area (Å²) in [5.41, 5.74) is 1.19. The first-order valence-electron chi connectivity index (χ1n) is 8.26. The second kappa shape index (κ2) is 8.52. The molecule has 0 spiro atoms. The van der Waals surface area contributed by atoms with Gasteiger partial charge >= 0.3 is 0 Å². The summed E-state index contributed by atoms with van der Waals surface area (Å²) in [5, 5.41) is 10.2. The quantitative estimate of drug-likeness (QED) is 0.837. The molecule has 3 heteroatoms. The van der Waals surface area contributed by atoms with Gasteiger partial charge in [0.1, 0.15) is 0 Å². The number of aliphatic hydroxyl groups is 1. The van der Waals surface area contributed by atoms with Crippen LogP contribution in [0.3, 0.4) is 0 Å². The summed E-state index contributed by atoms with van der Waals surface area (Å²) >= 11 is 0. The van der Waals surface area contributed by atoms with Gasteiger partial charge in [-0.05, 0) is 43.8 Å². The Morgan fingerprint density at radius 2 is 1.90 bits per heavy atom. The zero-order valence-electron chi connectivity index (χ0n) is 13.4. The van der Waals surface area contributed by atoms with Crippen LogP contribution in [-0.2, 0) is 4.74 Å². The fourth-order valence-corrected chi connectivity index (χ4v) is 2.94. The molecule has 3 nitrogen and oxygen atoms in total. The average molecular weight is 291 g/mol. The topological polar surface area (TPSA) is 32.7 Å². The molecule has 1 heterocycles. The minimum absolute atomic E-state index is 0.0854. The molecular weight excluding hydrogens is 262 g/mol. The zero-order chi connectivity index (χ0) is 15.1. The lowest BCUT2D eigenvalue weighted by Gasteiger charge is -2.31. The zero-order valence-corrected chi connectivity index (χ0v) is 13.4. The van der Waals surface area contributed by atoms with Crippen molar-refractivity contribution < 1.29 is 9.84 Å². The molecule has 1 aliphatic heterocycles. The standard InChI is InChI=1S/C18H29NO2/c1-3-18(16-7-5-4-6-8-16)21-14-17(20)13-19-11-9-15(2)10-12-19/h4-8,15,17-18,20H,3,9-14H2,1-2H3/t17-,18+/m0/s1. The third-order valence-corrected chi connectivity index (χ3v) is 4.38. The van der Waals surface area contributed by atoms with Gasteiger partial charge in [-0.3, -0.25) is 0 Å². The molecule has 0 bridgehead atoms. The summed E-state index contributed by atoms with van der Waals surface area (Å²) in [5.74, 6) is 0.831. The molecule has 0 aliphatic carbocycles. The van der Waals surface area contributed by atoms with E-state index in [1.165, 1.54) is 18.4 Å². The summed E-state index contributed by atoms with van der Waals surface area (Å²) in [6.07, 6.45) is 3.11. The molecule has 0 unspecified atom stereocenters. The summed E-state index contributed by atoms with van der Waals surface area (Å²) in [6.45, 7) is 7.79. The number of nitrogens with zero attached hydrogens (tertiary/aromatic N) is 1. The van der Waals surface area contributed by atoms with Crippen LogP contribution in [0.2, 0.25) is 0 Å². The van der Waals surface area contributed by atoms with Gasteiger partial charge in [0.2, 0.25) is 0 Å². The van der Waals surface area contributed by atoms with Gasteiger partial charge in [-0.2, -0.15) is 0 Å². The summed E-state index contributed by atoms with van der Waals surface area (Å²) in [7, 11) is 0. The highest BCUT2D eigenvalue weighted by Gasteiger charge is 2.19. The van der Waals surface area contributed by atoms with Crippen molar-refractivity contribution in [1.29, 1.82) is 0 Å².